The van der Waals surface area contributed by atoms with E-state index < -0.39 is 11.7 Å². The number of aromatic nitrogens is 1. The van der Waals surface area contributed by atoms with Gasteiger partial charge in [-0.1, -0.05) is 5.16 Å². The van der Waals surface area contributed by atoms with Crippen molar-refractivity contribution in [1.82, 2.24) is 10.5 Å². The normalized spacial score (nSPS) is 11.1. The number of carbonyl (C=O) groups is 2. The van der Waals surface area contributed by atoms with Crippen molar-refractivity contribution in [2.75, 3.05) is 6.54 Å². The highest BCUT2D eigenvalue weighted by Gasteiger charge is 2.18. The third-order valence-corrected chi connectivity index (χ3v) is 1.80. The number of amides is 1. The van der Waals surface area contributed by atoms with E-state index in [1.807, 2.05) is 0 Å². The van der Waals surface area contributed by atoms with Gasteiger partial charge in [-0.25, -0.2) is 4.79 Å². The lowest BCUT2D eigenvalue weighted by atomic mass is 10.2. The second-order valence-electron chi connectivity index (χ2n) is 4.62. The van der Waals surface area contributed by atoms with Crippen LogP contribution < -0.4 is 5.32 Å². The summed E-state index contributed by atoms with van der Waals surface area (Å²) in [5.41, 5.74) is 0.277. The lowest BCUT2D eigenvalue weighted by molar-refractivity contribution is 0.0520. The molecule has 0 bridgehead atoms. The van der Waals surface area contributed by atoms with Crippen molar-refractivity contribution >= 4 is 11.9 Å². The van der Waals surface area contributed by atoms with Crippen LogP contribution in [0.1, 0.15) is 36.8 Å². The quantitative estimate of drug-likeness (QED) is 0.813. The predicted molar refractivity (Wildman–Crippen MR) is 59.8 cm³/mol. The molecule has 1 amide bonds. The maximum absolute atomic E-state index is 11.6. The monoisotopic (exact) mass is 240 g/mol. The molecule has 17 heavy (non-hydrogen) atoms. The summed E-state index contributed by atoms with van der Waals surface area (Å²) in [6.45, 7) is 6.78. The number of aryl methyl sites for hydroxylation is 1. The topological polar surface area (TPSA) is 81.4 Å². The molecular weight excluding hydrogens is 224 g/mol. The summed E-state index contributed by atoms with van der Waals surface area (Å²) in [6, 6.07) is 0. The Morgan fingerprint density at radius 1 is 1.47 bits per heavy atom. The van der Waals surface area contributed by atoms with Gasteiger partial charge in [0, 0.05) is 5.56 Å². The number of ether oxygens (including phenoxy) is 1. The molecule has 0 aliphatic heterocycles. The number of carbonyl (C=O) groups excluding carboxylic acids is 2. The van der Waals surface area contributed by atoms with Crippen LogP contribution >= 0.6 is 0 Å². The van der Waals surface area contributed by atoms with E-state index >= 15 is 0 Å². The smallest absolute Gasteiger partial charge is 0.408 e. The minimum atomic E-state index is -0.632. The zero-order chi connectivity index (χ0) is 13.1. The molecule has 0 spiro atoms. The maximum Gasteiger partial charge on any atom is 0.408 e. The molecule has 0 atom stereocenters. The number of hydrogen-bond donors (Lipinski definition) is 1. The van der Waals surface area contributed by atoms with Gasteiger partial charge in [-0.2, -0.15) is 0 Å². The Kier molecular flexibility index (Phi) is 3.88. The number of rotatable bonds is 3. The number of ketones is 1. The van der Waals surface area contributed by atoms with Crippen LogP contribution in [-0.4, -0.2) is 29.2 Å². The first kappa shape index (κ1) is 13.2. The van der Waals surface area contributed by atoms with E-state index in [9.17, 15) is 9.59 Å². The molecule has 0 aliphatic carbocycles. The number of hydrogen-bond acceptors (Lipinski definition) is 5. The molecule has 0 aromatic carbocycles. The third kappa shape index (κ3) is 4.26. The van der Waals surface area contributed by atoms with Gasteiger partial charge in [0.25, 0.3) is 0 Å². The Morgan fingerprint density at radius 2 is 2.12 bits per heavy atom. The van der Waals surface area contributed by atoms with Crippen molar-refractivity contribution in [2.45, 2.75) is 33.3 Å². The Labute approximate surface area is 99.3 Å². The average Bonchev–Trinajstić information content (AvgIpc) is 2.58. The summed E-state index contributed by atoms with van der Waals surface area (Å²) in [5, 5.41) is 5.91. The molecule has 0 saturated heterocycles. The molecule has 94 valence electrons. The molecule has 1 aromatic heterocycles. The van der Waals surface area contributed by atoms with Crippen molar-refractivity contribution < 1.29 is 18.8 Å². The summed E-state index contributed by atoms with van der Waals surface area (Å²) in [6.07, 6.45) is 0.743. The first-order chi connectivity index (χ1) is 7.79. The van der Waals surface area contributed by atoms with Crippen LogP contribution in [0.5, 0.6) is 0 Å². The van der Waals surface area contributed by atoms with Gasteiger partial charge in [-0.3, -0.25) is 4.79 Å². The molecule has 1 rings (SSSR count). The fourth-order valence-electron chi connectivity index (χ4n) is 1.11. The SMILES string of the molecule is Cc1conc1C(=O)CNC(=O)OC(C)(C)C. The molecule has 6 nitrogen and oxygen atoms in total. The minimum absolute atomic E-state index is 0.164. The van der Waals surface area contributed by atoms with Crippen molar-refractivity contribution in [3.8, 4) is 0 Å². The predicted octanol–water partition coefficient (Wildman–Crippen LogP) is 1.69. The number of nitrogens with one attached hydrogen (secondary N) is 1. The van der Waals surface area contributed by atoms with Crippen LogP contribution in [0.25, 0.3) is 0 Å². The zero-order valence-electron chi connectivity index (χ0n) is 10.4. The molecule has 0 aliphatic rings. The van der Waals surface area contributed by atoms with Crippen LogP contribution in [0.2, 0.25) is 0 Å². The van der Waals surface area contributed by atoms with Crippen LogP contribution in [0.4, 0.5) is 4.79 Å². The molecule has 6 heteroatoms. The third-order valence-electron chi connectivity index (χ3n) is 1.80. The van der Waals surface area contributed by atoms with E-state index in [4.69, 9.17) is 4.74 Å². The van der Waals surface area contributed by atoms with Gasteiger partial charge in [0.2, 0.25) is 5.78 Å². The summed E-state index contributed by atoms with van der Waals surface area (Å²) in [4.78, 5) is 22.9. The molecule has 0 fully saturated rings. The Bertz CT molecular complexity index is 417. The zero-order valence-corrected chi connectivity index (χ0v) is 10.4. The van der Waals surface area contributed by atoms with Crippen molar-refractivity contribution in [3.63, 3.8) is 0 Å². The van der Waals surface area contributed by atoms with Crippen LogP contribution in [-0.2, 0) is 4.74 Å². The lowest BCUT2D eigenvalue weighted by Crippen LogP contribution is -2.35. The number of alkyl carbamates (subject to hydrolysis) is 1. The molecule has 0 saturated carbocycles. The first-order valence-corrected chi connectivity index (χ1v) is 5.20. The van der Waals surface area contributed by atoms with Crippen LogP contribution in [0.15, 0.2) is 10.8 Å². The highest BCUT2D eigenvalue weighted by atomic mass is 16.6. The largest absolute Gasteiger partial charge is 0.444 e. The van der Waals surface area contributed by atoms with Crippen molar-refractivity contribution in [2.24, 2.45) is 0 Å². The lowest BCUT2D eigenvalue weighted by Gasteiger charge is -2.19. The van der Waals surface area contributed by atoms with Gasteiger partial charge in [0.05, 0.1) is 6.54 Å². The number of Topliss-reactive ketones (excluding diaryl/α,β-unsaturated/α-hetero) is 1. The summed E-state index contributed by atoms with van der Waals surface area (Å²) < 4.78 is 9.63. The summed E-state index contributed by atoms with van der Waals surface area (Å²) in [7, 11) is 0. The molecular formula is C11H16N2O4. The molecule has 0 radical (unpaired) electrons. The van der Waals surface area contributed by atoms with Gasteiger partial charge >= 0.3 is 6.09 Å². The molecule has 1 N–H and O–H groups in total. The highest BCUT2D eigenvalue weighted by molar-refractivity contribution is 5.98. The Morgan fingerprint density at radius 3 is 2.59 bits per heavy atom. The summed E-state index contributed by atoms with van der Waals surface area (Å²) >= 11 is 0. The van der Waals surface area contributed by atoms with E-state index in [2.05, 4.69) is 15.0 Å². The van der Waals surface area contributed by atoms with E-state index in [1.54, 1.807) is 27.7 Å². The number of nitrogens with zero attached hydrogens (tertiary/aromatic N) is 1. The highest BCUT2D eigenvalue weighted by Crippen LogP contribution is 2.07. The maximum atomic E-state index is 11.6. The fourth-order valence-corrected chi connectivity index (χ4v) is 1.11. The minimum Gasteiger partial charge on any atom is -0.444 e. The average molecular weight is 240 g/mol. The summed E-state index contributed by atoms with van der Waals surface area (Å²) in [5.74, 6) is -0.317. The Hall–Kier alpha value is -1.85. The Balaban J connectivity index is 2.45. The first-order valence-electron chi connectivity index (χ1n) is 5.20. The molecule has 0 unspecified atom stereocenters. The van der Waals surface area contributed by atoms with Gasteiger partial charge in [0.1, 0.15) is 11.9 Å². The fraction of sp³-hybridized carbons (Fsp3) is 0.545. The van der Waals surface area contributed by atoms with E-state index in [-0.39, 0.29) is 18.0 Å². The van der Waals surface area contributed by atoms with Gasteiger partial charge < -0.3 is 14.6 Å². The van der Waals surface area contributed by atoms with E-state index in [1.165, 1.54) is 6.26 Å². The van der Waals surface area contributed by atoms with Crippen molar-refractivity contribution in [3.05, 3.63) is 17.5 Å². The second kappa shape index (κ2) is 4.99. The van der Waals surface area contributed by atoms with Gasteiger partial charge in [-0.15, -0.1) is 0 Å². The van der Waals surface area contributed by atoms with Crippen molar-refractivity contribution in [1.29, 1.82) is 0 Å². The van der Waals surface area contributed by atoms with E-state index in [0.29, 0.717) is 5.56 Å². The van der Waals surface area contributed by atoms with Gasteiger partial charge in [0.15, 0.2) is 5.69 Å². The van der Waals surface area contributed by atoms with E-state index in [0.717, 1.165) is 0 Å². The van der Waals surface area contributed by atoms with Gasteiger partial charge in [-0.05, 0) is 27.7 Å². The van der Waals surface area contributed by atoms with Crippen LogP contribution in [0.3, 0.4) is 0 Å². The standard InChI is InChI=1S/C11H16N2O4/c1-7-6-16-13-9(7)8(14)5-12-10(15)17-11(2,3)4/h6H,5H2,1-4H3,(H,12,15). The second-order valence-corrected chi connectivity index (χ2v) is 4.62. The molecule has 1 heterocycles. The molecule has 1 aromatic rings. The van der Waals surface area contributed by atoms with Crippen LogP contribution in [0, 0.1) is 6.92 Å².